The average Bonchev–Trinajstić information content (AvgIpc) is 3.36. The number of nitrogens with one attached hydrogen (secondary N) is 1. The summed E-state index contributed by atoms with van der Waals surface area (Å²) in [4.78, 5) is 21.6. The van der Waals surface area contributed by atoms with E-state index in [0.29, 0.717) is 17.2 Å². The summed E-state index contributed by atoms with van der Waals surface area (Å²) in [7, 11) is 0. The molecular formula is C21H20F3N7O3. The number of fused-ring (bicyclic) bond motifs is 1. The van der Waals surface area contributed by atoms with Crippen molar-refractivity contribution in [2.75, 3.05) is 0 Å². The summed E-state index contributed by atoms with van der Waals surface area (Å²) < 4.78 is 44.1. The van der Waals surface area contributed by atoms with Crippen LogP contribution in [0.1, 0.15) is 41.6 Å². The van der Waals surface area contributed by atoms with Gasteiger partial charge in [0.15, 0.2) is 11.5 Å². The monoisotopic (exact) mass is 475 g/mol. The molecule has 0 radical (unpaired) electrons. The van der Waals surface area contributed by atoms with Crippen molar-refractivity contribution in [1.82, 2.24) is 34.7 Å². The number of hydrogen-bond donors (Lipinski definition) is 2. The Balaban J connectivity index is 1.62. The highest BCUT2D eigenvalue weighted by molar-refractivity contribution is 6.00. The maximum Gasteiger partial charge on any atom is 0.573 e. The first-order valence-electron chi connectivity index (χ1n) is 10.0. The second-order valence-corrected chi connectivity index (χ2v) is 8.03. The van der Waals surface area contributed by atoms with Crippen molar-refractivity contribution in [3.05, 3.63) is 66.0 Å². The Hall–Kier alpha value is -4.00. The molecular weight excluding hydrogens is 455 g/mol. The maximum atomic E-state index is 13.1. The van der Waals surface area contributed by atoms with E-state index in [9.17, 15) is 23.1 Å². The van der Waals surface area contributed by atoms with Crippen LogP contribution in [0.15, 0.2) is 49.1 Å². The number of amides is 1. The van der Waals surface area contributed by atoms with Gasteiger partial charge in [-0.25, -0.2) is 19.2 Å². The van der Waals surface area contributed by atoms with Crippen molar-refractivity contribution >= 4 is 11.6 Å². The predicted molar refractivity (Wildman–Crippen MR) is 112 cm³/mol. The van der Waals surface area contributed by atoms with Gasteiger partial charge in [-0.2, -0.15) is 10.2 Å². The molecule has 0 bridgehead atoms. The summed E-state index contributed by atoms with van der Waals surface area (Å²) in [6, 6.07) is 5.58. The third-order valence-corrected chi connectivity index (χ3v) is 4.87. The molecule has 0 aliphatic heterocycles. The van der Waals surface area contributed by atoms with E-state index in [0.717, 1.165) is 12.1 Å². The van der Waals surface area contributed by atoms with E-state index in [1.807, 2.05) is 0 Å². The molecule has 4 aromatic rings. The van der Waals surface area contributed by atoms with Crippen LogP contribution in [0.25, 0.3) is 11.5 Å². The van der Waals surface area contributed by atoms with Crippen LogP contribution in [0.3, 0.4) is 0 Å². The van der Waals surface area contributed by atoms with Gasteiger partial charge >= 0.3 is 6.36 Å². The Morgan fingerprint density at radius 3 is 2.47 bits per heavy atom. The number of aromatic nitrogens is 6. The van der Waals surface area contributed by atoms with Crippen molar-refractivity contribution in [2.45, 2.75) is 38.8 Å². The fraction of sp³-hybridized carbons (Fsp3) is 0.286. The highest BCUT2D eigenvalue weighted by Gasteiger charge is 2.33. The van der Waals surface area contributed by atoms with E-state index in [1.165, 1.54) is 47.7 Å². The van der Waals surface area contributed by atoms with Crippen molar-refractivity contribution in [3.8, 4) is 11.6 Å². The molecule has 3 heterocycles. The second-order valence-electron chi connectivity index (χ2n) is 8.03. The highest BCUT2D eigenvalue weighted by Crippen LogP contribution is 2.29. The number of hydrogen-bond acceptors (Lipinski definition) is 7. The lowest BCUT2D eigenvalue weighted by Crippen LogP contribution is -2.42. The van der Waals surface area contributed by atoms with Gasteiger partial charge in [0.25, 0.3) is 5.91 Å². The lowest BCUT2D eigenvalue weighted by atomic mass is 9.91. The Bertz CT molecular complexity index is 1320. The van der Waals surface area contributed by atoms with Crippen LogP contribution in [0.5, 0.6) is 5.75 Å². The highest BCUT2D eigenvalue weighted by atomic mass is 19.4. The number of ether oxygens (including phenoxy) is 1. The van der Waals surface area contributed by atoms with Gasteiger partial charge in [-0.15, -0.1) is 13.2 Å². The summed E-state index contributed by atoms with van der Waals surface area (Å²) in [5.41, 5.74) is -0.711. The molecule has 10 nitrogen and oxygen atoms in total. The number of carbonyl (C=O) groups excluding carboxylic acids is 1. The van der Waals surface area contributed by atoms with Gasteiger partial charge in [-0.3, -0.25) is 4.79 Å². The number of aliphatic hydroxyl groups is 1. The number of carbonyl (C=O) groups is 1. The minimum atomic E-state index is -4.83. The zero-order chi connectivity index (χ0) is 24.7. The van der Waals surface area contributed by atoms with Crippen molar-refractivity contribution in [3.63, 3.8) is 0 Å². The molecule has 0 spiro atoms. The first-order valence-corrected chi connectivity index (χ1v) is 10.0. The van der Waals surface area contributed by atoms with E-state index in [2.05, 4.69) is 30.2 Å². The van der Waals surface area contributed by atoms with Crippen LogP contribution in [-0.4, -0.2) is 52.3 Å². The Labute approximate surface area is 191 Å². The summed E-state index contributed by atoms with van der Waals surface area (Å²) in [6.45, 7) is 4.67. The van der Waals surface area contributed by atoms with E-state index < -0.39 is 29.7 Å². The van der Waals surface area contributed by atoms with Crippen LogP contribution in [0, 0.1) is 6.92 Å². The van der Waals surface area contributed by atoms with Crippen LogP contribution < -0.4 is 10.1 Å². The minimum Gasteiger partial charge on any atom is -0.406 e. The SMILES string of the molecule is Cc1ncn(-c2ccn3ncc(C(=O)N[C@@H](c4ccc(OC(F)(F)F)cc4)C(C)(C)O)c3n2)n1. The van der Waals surface area contributed by atoms with Crippen molar-refractivity contribution in [2.24, 2.45) is 0 Å². The standard InChI is InChI=1S/C21H20F3N7O3/c1-12-25-11-31(29-12)16-8-9-30-18(27-16)15(10-26-30)19(32)28-17(20(2,3)33)13-4-6-14(7-5-13)34-21(22,23)24/h4-11,17,33H,1-3H3,(H,28,32)/t17-/m0/s1. The molecule has 3 aromatic heterocycles. The molecule has 0 saturated carbocycles. The molecule has 178 valence electrons. The molecule has 0 aliphatic carbocycles. The number of alkyl halides is 3. The lowest BCUT2D eigenvalue weighted by molar-refractivity contribution is -0.274. The van der Waals surface area contributed by atoms with E-state index in [4.69, 9.17) is 0 Å². The molecule has 1 atom stereocenters. The lowest BCUT2D eigenvalue weighted by Gasteiger charge is -2.30. The third kappa shape index (κ3) is 4.98. The summed E-state index contributed by atoms with van der Waals surface area (Å²) in [5.74, 6) is -0.0355. The number of benzene rings is 1. The molecule has 0 saturated heterocycles. The molecule has 1 amide bonds. The van der Waals surface area contributed by atoms with Gasteiger partial charge < -0.3 is 15.2 Å². The minimum absolute atomic E-state index is 0.130. The van der Waals surface area contributed by atoms with Gasteiger partial charge in [0.05, 0.1) is 17.8 Å². The Morgan fingerprint density at radius 2 is 1.88 bits per heavy atom. The Kier molecular flexibility index (Phi) is 5.73. The molecule has 0 unspecified atom stereocenters. The normalized spacial score (nSPS) is 13.1. The van der Waals surface area contributed by atoms with Crippen LogP contribution in [-0.2, 0) is 0 Å². The third-order valence-electron chi connectivity index (χ3n) is 4.87. The molecule has 2 N–H and O–H groups in total. The first kappa shape index (κ1) is 23.2. The molecule has 0 aliphatic rings. The summed E-state index contributed by atoms with van der Waals surface area (Å²) in [5, 5.41) is 21.7. The summed E-state index contributed by atoms with van der Waals surface area (Å²) in [6.07, 6.45) is -0.402. The predicted octanol–water partition coefficient (Wildman–Crippen LogP) is 2.76. The molecule has 4 rings (SSSR count). The Morgan fingerprint density at radius 1 is 1.18 bits per heavy atom. The molecule has 34 heavy (non-hydrogen) atoms. The smallest absolute Gasteiger partial charge is 0.406 e. The first-order chi connectivity index (χ1) is 15.9. The molecule has 13 heteroatoms. The van der Waals surface area contributed by atoms with Crippen LogP contribution >= 0.6 is 0 Å². The zero-order valence-electron chi connectivity index (χ0n) is 18.3. The van der Waals surface area contributed by atoms with Crippen LogP contribution in [0.2, 0.25) is 0 Å². The molecule has 0 fully saturated rings. The van der Waals surface area contributed by atoms with Gasteiger partial charge in [0.2, 0.25) is 0 Å². The van der Waals surface area contributed by atoms with Gasteiger partial charge in [0, 0.05) is 12.3 Å². The number of nitrogens with zero attached hydrogens (tertiary/aromatic N) is 6. The topological polar surface area (TPSA) is 119 Å². The number of halogens is 3. The number of aryl methyl sites for hydroxylation is 1. The zero-order valence-corrected chi connectivity index (χ0v) is 18.3. The quantitative estimate of drug-likeness (QED) is 0.440. The second kappa shape index (κ2) is 8.41. The van der Waals surface area contributed by atoms with Gasteiger partial charge in [0.1, 0.15) is 23.5 Å². The molecule has 1 aromatic carbocycles. The summed E-state index contributed by atoms with van der Waals surface area (Å²) >= 11 is 0. The van der Waals surface area contributed by atoms with E-state index in [-0.39, 0.29) is 11.2 Å². The van der Waals surface area contributed by atoms with E-state index >= 15 is 0 Å². The van der Waals surface area contributed by atoms with Crippen LogP contribution in [0.4, 0.5) is 13.2 Å². The largest absolute Gasteiger partial charge is 0.573 e. The van der Waals surface area contributed by atoms with Gasteiger partial charge in [-0.1, -0.05) is 12.1 Å². The average molecular weight is 475 g/mol. The van der Waals surface area contributed by atoms with E-state index in [1.54, 1.807) is 19.2 Å². The van der Waals surface area contributed by atoms with Gasteiger partial charge in [-0.05, 0) is 38.5 Å². The number of rotatable bonds is 6. The van der Waals surface area contributed by atoms with Crippen molar-refractivity contribution < 1.29 is 27.8 Å². The fourth-order valence-corrected chi connectivity index (χ4v) is 3.34. The fourth-order valence-electron chi connectivity index (χ4n) is 3.34. The maximum absolute atomic E-state index is 13.1. The van der Waals surface area contributed by atoms with Crippen molar-refractivity contribution in [1.29, 1.82) is 0 Å².